The Hall–Kier alpha value is -3.57. The highest BCUT2D eigenvalue weighted by Gasteiger charge is 2.34. The summed E-state index contributed by atoms with van der Waals surface area (Å²) < 4.78 is 17.2. The van der Waals surface area contributed by atoms with Crippen molar-refractivity contribution in [2.75, 3.05) is 20.4 Å². The van der Waals surface area contributed by atoms with Crippen molar-refractivity contribution >= 4 is 34.8 Å². The second-order valence-electron chi connectivity index (χ2n) is 10.8. The zero-order valence-electron chi connectivity index (χ0n) is 24.7. The van der Waals surface area contributed by atoms with Gasteiger partial charge in [0.25, 0.3) is 0 Å². The van der Waals surface area contributed by atoms with E-state index in [0.717, 1.165) is 29.7 Å². The van der Waals surface area contributed by atoms with Crippen molar-refractivity contribution in [3.05, 3.63) is 59.3 Å². The summed E-state index contributed by atoms with van der Waals surface area (Å²) in [7, 11) is 3.59. The molecule has 2 saturated carbocycles. The summed E-state index contributed by atoms with van der Waals surface area (Å²) >= 11 is -1.16. The highest BCUT2D eigenvalue weighted by molar-refractivity contribution is 7.90. The summed E-state index contributed by atoms with van der Waals surface area (Å²) in [5.41, 5.74) is 4.39. The minimum atomic E-state index is -1.16. The van der Waals surface area contributed by atoms with Crippen LogP contribution in [0.1, 0.15) is 69.2 Å². The van der Waals surface area contributed by atoms with Crippen molar-refractivity contribution in [1.29, 1.82) is 0 Å². The number of nitrogens with zero attached hydrogens (tertiary/aromatic N) is 6. The van der Waals surface area contributed by atoms with E-state index in [1.165, 1.54) is 19.2 Å². The van der Waals surface area contributed by atoms with Gasteiger partial charge in [-0.15, -0.1) is 0 Å². The number of hydrogen-bond acceptors (Lipinski definition) is 8. The second kappa shape index (κ2) is 13.4. The molecule has 0 bridgehead atoms. The Morgan fingerprint density at radius 3 is 2.51 bits per heavy atom. The number of aromatic nitrogens is 3. The van der Waals surface area contributed by atoms with Gasteiger partial charge in [-0.1, -0.05) is 6.58 Å². The topological polar surface area (TPSA) is 128 Å². The van der Waals surface area contributed by atoms with E-state index in [1.54, 1.807) is 25.6 Å². The van der Waals surface area contributed by atoms with Crippen molar-refractivity contribution < 1.29 is 14.1 Å². The number of carbonyl (C=O) groups excluding carboxylic acids is 1. The lowest BCUT2D eigenvalue weighted by Gasteiger charge is -2.29. The molecular formula is C30H39N7O3S. The largest absolute Gasteiger partial charge is 0.610 e. The van der Waals surface area contributed by atoms with Crippen LogP contribution in [0.3, 0.4) is 0 Å². The van der Waals surface area contributed by atoms with Crippen LogP contribution in [0.2, 0.25) is 0 Å². The van der Waals surface area contributed by atoms with E-state index in [1.807, 2.05) is 27.0 Å². The van der Waals surface area contributed by atoms with E-state index in [4.69, 9.17) is 14.7 Å². The van der Waals surface area contributed by atoms with Crippen LogP contribution in [0.25, 0.3) is 5.70 Å². The number of aliphatic imine (C=N–C) groups is 2. The van der Waals surface area contributed by atoms with E-state index in [-0.39, 0.29) is 11.9 Å². The number of ether oxygens (including phenoxy) is 1. The zero-order valence-corrected chi connectivity index (χ0v) is 25.5. The SMILES string of the molecule is C=C(/N=C(\C(/N=C(\C=O)NCc1ccc([S+](C)[O-])nc1)=C(C)C)N(C)[C@@H](C)C1CC1)c1c(OC)ncnc1C1CC1. The van der Waals surface area contributed by atoms with Crippen LogP contribution in [0.5, 0.6) is 5.88 Å². The number of likely N-dealkylation sites (N-methyl/N-ethyl adjacent to an activating group) is 1. The normalized spacial score (nSPS) is 17.0. The molecule has 0 saturated heterocycles. The minimum absolute atomic E-state index is 0.162. The summed E-state index contributed by atoms with van der Waals surface area (Å²) in [5.74, 6) is 2.12. The minimum Gasteiger partial charge on any atom is -0.610 e. The number of hydrogen-bond donors (Lipinski definition) is 1. The molecular weight excluding hydrogens is 538 g/mol. The molecule has 2 aromatic rings. The maximum Gasteiger partial charge on any atom is 0.244 e. The fraction of sp³-hybridized carbons (Fsp3) is 0.467. The van der Waals surface area contributed by atoms with Gasteiger partial charge in [0.15, 0.2) is 18.0 Å². The van der Waals surface area contributed by atoms with Crippen LogP contribution < -0.4 is 10.1 Å². The average Bonchev–Trinajstić information content (AvgIpc) is 3.89. The first-order valence-electron chi connectivity index (χ1n) is 13.8. The maximum absolute atomic E-state index is 12.2. The van der Waals surface area contributed by atoms with Gasteiger partial charge < -0.3 is 19.5 Å². The Bertz CT molecular complexity index is 1360. The standard InChI is InChI=1S/C30H39N7O3S/c1-18(2)27(36-24(16-38)31-14-21-8-13-25(32-15-21)41(7)39)29(37(5)20(4)22-9-10-22)35-19(3)26-28(23-11-12-23)33-17-34-30(26)40-6/h8,13,15-17,20,22-23H,3,9-12,14H2,1-2,4-7H3,(H,31,36)/b35-29+/t20-,41?/m0/s1. The molecule has 41 heavy (non-hydrogen) atoms. The molecule has 2 heterocycles. The summed E-state index contributed by atoms with van der Waals surface area (Å²) in [5, 5.41) is 3.61. The first-order valence-corrected chi connectivity index (χ1v) is 15.3. The lowest BCUT2D eigenvalue weighted by Crippen LogP contribution is -2.38. The number of amidine groups is 2. The molecule has 0 aliphatic heterocycles. The van der Waals surface area contributed by atoms with Gasteiger partial charge in [0, 0.05) is 49.0 Å². The zero-order chi connectivity index (χ0) is 29.7. The number of allylic oxidation sites excluding steroid dienone is 1. The van der Waals surface area contributed by atoms with Crippen LogP contribution in [0, 0.1) is 5.92 Å². The highest BCUT2D eigenvalue weighted by atomic mass is 32.2. The smallest absolute Gasteiger partial charge is 0.244 e. The van der Waals surface area contributed by atoms with Crippen LogP contribution in [-0.2, 0) is 22.5 Å². The highest BCUT2D eigenvalue weighted by Crippen LogP contribution is 2.44. The Labute approximate surface area is 245 Å². The van der Waals surface area contributed by atoms with E-state index >= 15 is 0 Å². The predicted molar refractivity (Wildman–Crippen MR) is 162 cm³/mol. The Morgan fingerprint density at radius 1 is 1.24 bits per heavy atom. The van der Waals surface area contributed by atoms with Crippen molar-refractivity contribution in [3.63, 3.8) is 0 Å². The first kappa shape index (κ1) is 30.4. The van der Waals surface area contributed by atoms with Gasteiger partial charge in [-0.2, -0.15) is 0 Å². The molecule has 4 rings (SSSR count). The number of nitrogens with one attached hydrogen (secondary N) is 1. The van der Waals surface area contributed by atoms with Gasteiger partial charge in [0.1, 0.15) is 18.3 Å². The molecule has 10 nitrogen and oxygen atoms in total. The fourth-order valence-corrected chi connectivity index (χ4v) is 5.00. The number of pyridine rings is 1. The molecule has 2 atom stereocenters. The summed E-state index contributed by atoms with van der Waals surface area (Å²) in [6, 6.07) is 3.76. The number of rotatable bonds is 12. The average molecular weight is 578 g/mol. The molecule has 1 N–H and O–H groups in total. The van der Waals surface area contributed by atoms with E-state index in [2.05, 4.69) is 38.7 Å². The van der Waals surface area contributed by atoms with Crippen molar-refractivity contribution in [2.45, 2.75) is 70.0 Å². The Balaban J connectivity index is 1.70. The second-order valence-corrected chi connectivity index (χ2v) is 12.1. The lowest BCUT2D eigenvalue weighted by molar-refractivity contribution is -0.102. The summed E-state index contributed by atoms with van der Waals surface area (Å²) in [6.07, 6.45) is 9.89. The fourth-order valence-electron chi connectivity index (χ4n) is 4.54. The van der Waals surface area contributed by atoms with Crippen LogP contribution >= 0.6 is 0 Å². The molecule has 2 fully saturated rings. The third-order valence-electron chi connectivity index (χ3n) is 7.37. The van der Waals surface area contributed by atoms with E-state index in [0.29, 0.717) is 58.4 Å². The van der Waals surface area contributed by atoms with Gasteiger partial charge in [0.05, 0.1) is 24.1 Å². The van der Waals surface area contributed by atoms with Crippen LogP contribution in [-0.4, -0.2) is 68.8 Å². The molecule has 11 heteroatoms. The molecule has 0 aromatic carbocycles. The quantitative estimate of drug-likeness (QED) is 0.171. The van der Waals surface area contributed by atoms with Crippen molar-refractivity contribution in [1.82, 2.24) is 25.2 Å². The monoisotopic (exact) mass is 577 g/mol. The Morgan fingerprint density at radius 2 is 1.98 bits per heavy atom. The molecule has 2 aliphatic rings. The van der Waals surface area contributed by atoms with Gasteiger partial charge in [0.2, 0.25) is 10.9 Å². The predicted octanol–water partition coefficient (Wildman–Crippen LogP) is 4.28. The Kier molecular flexibility index (Phi) is 9.93. The van der Waals surface area contributed by atoms with Gasteiger partial charge in [-0.3, -0.25) is 4.79 Å². The summed E-state index contributed by atoms with van der Waals surface area (Å²) in [4.78, 5) is 37.2. The van der Waals surface area contributed by atoms with Gasteiger partial charge in [-0.05, 0) is 69.6 Å². The first-order chi connectivity index (χ1) is 19.6. The number of carbonyl (C=O) groups is 1. The van der Waals surface area contributed by atoms with E-state index < -0.39 is 11.2 Å². The molecule has 1 unspecified atom stereocenters. The molecule has 2 aliphatic carbocycles. The van der Waals surface area contributed by atoms with Crippen molar-refractivity contribution in [2.24, 2.45) is 15.9 Å². The van der Waals surface area contributed by atoms with Gasteiger partial charge in [-0.25, -0.2) is 24.9 Å². The number of methoxy groups -OCH3 is 1. The molecule has 0 amide bonds. The molecule has 2 aromatic heterocycles. The molecule has 218 valence electrons. The number of aldehydes is 1. The van der Waals surface area contributed by atoms with Crippen LogP contribution in [0.15, 0.2) is 57.5 Å². The maximum atomic E-state index is 12.2. The molecule has 0 radical (unpaired) electrons. The third kappa shape index (κ3) is 7.59. The summed E-state index contributed by atoms with van der Waals surface area (Å²) in [6.45, 7) is 10.7. The third-order valence-corrected chi connectivity index (χ3v) is 8.20. The van der Waals surface area contributed by atoms with Crippen LogP contribution in [0.4, 0.5) is 0 Å². The lowest BCUT2D eigenvalue weighted by atomic mass is 10.1. The van der Waals surface area contributed by atoms with Gasteiger partial charge >= 0.3 is 0 Å². The van der Waals surface area contributed by atoms with Crippen molar-refractivity contribution in [3.8, 4) is 5.88 Å². The molecule has 0 spiro atoms. The van der Waals surface area contributed by atoms with E-state index in [9.17, 15) is 9.35 Å².